The third kappa shape index (κ3) is 1.98. The second-order valence-electron chi connectivity index (χ2n) is 3.19. The number of rotatable bonds is 1. The highest BCUT2D eigenvalue weighted by atomic mass is 35.5. The van der Waals surface area contributed by atoms with E-state index in [0.717, 1.165) is 5.56 Å². The SMILES string of the molecule is [C-]#[N+]c1cc(Cl)c(Cl)c(Cl)c1C(C)C. The molecule has 0 heterocycles. The van der Waals surface area contributed by atoms with Crippen LogP contribution in [0.1, 0.15) is 25.3 Å². The van der Waals surface area contributed by atoms with E-state index in [2.05, 4.69) is 4.85 Å². The number of nitrogens with zero attached hydrogens (tertiary/aromatic N) is 1. The van der Waals surface area contributed by atoms with Gasteiger partial charge in [0, 0.05) is 0 Å². The first-order valence-electron chi connectivity index (χ1n) is 4.03. The van der Waals surface area contributed by atoms with Gasteiger partial charge in [0.25, 0.3) is 0 Å². The van der Waals surface area contributed by atoms with Gasteiger partial charge in [-0.15, -0.1) is 0 Å². The van der Waals surface area contributed by atoms with Gasteiger partial charge in [-0.2, -0.15) is 0 Å². The van der Waals surface area contributed by atoms with Crippen LogP contribution in [0.15, 0.2) is 6.07 Å². The zero-order chi connectivity index (χ0) is 10.9. The van der Waals surface area contributed by atoms with E-state index < -0.39 is 0 Å². The van der Waals surface area contributed by atoms with Crippen molar-refractivity contribution in [1.29, 1.82) is 0 Å². The summed E-state index contributed by atoms with van der Waals surface area (Å²) in [6, 6.07) is 1.55. The van der Waals surface area contributed by atoms with Gasteiger partial charge in [0.1, 0.15) is 0 Å². The van der Waals surface area contributed by atoms with E-state index in [4.69, 9.17) is 41.4 Å². The first-order valence-corrected chi connectivity index (χ1v) is 5.17. The van der Waals surface area contributed by atoms with Crippen LogP contribution in [0.25, 0.3) is 4.85 Å². The summed E-state index contributed by atoms with van der Waals surface area (Å²) in [6.07, 6.45) is 0. The maximum atomic E-state index is 7.01. The Morgan fingerprint density at radius 3 is 2.21 bits per heavy atom. The Bertz CT molecular complexity index is 405. The van der Waals surface area contributed by atoms with Crippen LogP contribution in [0.3, 0.4) is 0 Å². The molecular weight excluding hydrogens is 240 g/mol. The average Bonchev–Trinajstić information content (AvgIpc) is 2.12. The minimum atomic E-state index is 0.154. The summed E-state index contributed by atoms with van der Waals surface area (Å²) in [6.45, 7) is 10.9. The summed E-state index contributed by atoms with van der Waals surface area (Å²) in [5.41, 5.74) is 1.23. The molecule has 0 N–H and O–H groups in total. The number of hydrogen-bond donors (Lipinski definition) is 0. The Labute approximate surface area is 98.4 Å². The van der Waals surface area contributed by atoms with Gasteiger partial charge in [0.05, 0.1) is 21.6 Å². The molecule has 0 saturated carbocycles. The molecule has 0 fully saturated rings. The van der Waals surface area contributed by atoms with Crippen LogP contribution in [0.4, 0.5) is 5.69 Å². The predicted molar refractivity (Wildman–Crippen MR) is 61.8 cm³/mol. The van der Waals surface area contributed by atoms with E-state index >= 15 is 0 Å². The third-order valence-electron chi connectivity index (χ3n) is 1.88. The normalized spacial score (nSPS) is 10.4. The summed E-state index contributed by atoms with van der Waals surface area (Å²) in [4.78, 5) is 3.38. The lowest BCUT2D eigenvalue weighted by atomic mass is 10.0. The Balaban J connectivity index is 3.55. The molecule has 1 aromatic rings. The van der Waals surface area contributed by atoms with Crippen molar-refractivity contribution in [2.45, 2.75) is 19.8 Å². The standard InChI is InChI=1S/C10H8Cl3N/c1-5(2)8-7(14-3)4-6(11)9(12)10(8)13/h4-5H,1-2H3. The predicted octanol–water partition coefficient (Wildman–Crippen LogP) is 5.32. The second-order valence-corrected chi connectivity index (χ2v) is 4.35. The van der Waals surface area contributed by atoms with Crippen molar-refractivity contribution in [3.05, 3.63) is 38.1 Å². The number of hydrogen-bond acceptors (Lipinski definition) is 0. The summed E-state index contributed by atoms with van der Waals surface area (Å²) in [5, 5.41) is 1.04. The maximum absolute atomic E-state index is 7.01. The smallest absolute Gasteiger partial charge is 0.193 e. The van der Waals surface area contributed by atoms with Gasteiger partial charge >= 0.3 is 0 Å². The highest BCUT2D eigenvalue weighted by Gasteiger charge is 2.16. The van der Waals surface area contributed by atoms with Crippen molar-refractivity contribution >= 4 is 40.5 Å². The maximum Gasteiger partial charge on any atom is 0.193 e. The monoisotopic (exact) mass is 247 g/mol. The quantitative estimate of drug-likeness (QED) is 0.468. The zero-order valence-electron chi connectivity index (χ0n) is 7.74. The molecule has 0 aliphatic carbocycles. The molecule has 0 radical (unpaired) electrons. The molecule has 0 bridgehead atoms. The van der Waals surface area contributed by atoms with Crippen molar-refractivity contribution < 1.29 is 0 Å². The van der Waals surface area contributed by atoms with Crippen molar-refractivity contribution in [3.63, 3.8) is 0 Å². The number of halogens is 3. The largest absolute Gasteiger partial charge is 0.238 e. The van der Waals surface area contributed by atoms with Crippen LogP contribution in [0.2, 0.25) is 15.1 Å². The molecule has 0 aromatic heterocycles. The van der Waals surface area contributed by atoms with Crippen LogP contribution in [-0.2, 0) is 0 Å². The van der Waals surface area contributed by atoms with Gasteiger partial charge in [-0.25, -0.2) is 4.85 Å². The first kappa shape index (κ1) is 11.7. The molecule has 0 spiro atoms. The molecule has 4 heteroatoms. The summed E-state index contributed by atoms with van der Waals surface area (Å²) >= 11 is 17.7. The molecule has 0 unspecified atom stereocenters. The van der Waals surface area contributed by atoms with Crippen molar-refractivity contribution in [1.82, 2.24) is 0 Å². The van der Waals surface area contributed by atoms with Crippen molar-refractivity contribution in [2.24, 2.45) is 0 Å². The van der Waals surface area contributed by atoms with E-state index in [1.54, 1.807) is 6.07 Å². The molecule has 1 nitrogen and oxygen atoms in total. The molecular formula is C10H8Cl3N. The first-order chi connectivity index (χ1) is 6.49. The summed E-state index contributed by atoms with van der Waals surface area (Å²) < 4.78 is 0. The third-order valence-corrected chi connectivity index (χ3v) is 3.15. The van der Waals surface area contributed by atoms with Gasteiger partial charge in [-0.1, -0.05) is 48.7 Å². The Kier molecular flexibility index (Phi) is 3.66. The van der Waals surface area contributed by atoms with Crippen molar-refractivity contribution in [2.75, 3.05) is 0 Å². The molecule has 0 atom stereocenters. The molecule has 0 aliphatic heterocycles. The fourth-order valence-electron chi connectivity index (χ4n) is 1.24. The Morgan fingerprint density at radius 2 is 1.79 bits per heavy atom. The second kappa shape index (κ2) is 4.40. The zero-order valence-corrected chi connectivity index (χ0v) is 10.0. The van der Waals surface area contributed by atoms with Gasteiger partial charge in [0.2, 0.25) is 0 Å². The Morgan fingerprint density at radius 1 is 1.21 bits per heavy atom. The molecule has 14 heavy (non-hydrogen) atoms. The molecule has 1 rings (SSSR count). The van der Waals surface area contributed by atoms with E-state index in [9.17, 15) is 0 Å². The van der Waals surface area contributed by atoms with Crippen LogP contribution in [0, 0.1) is 6.57 Å². The number of benzene rings is 1. The molecule has 0 saturated heterocycles. The van der Waals surface area contributed by atoms with E-state index in [1.807, 2.05) is 13.8 Å². The Hall–Kier alpha value is -0.420. The van der Waals surface area contributed by atoms with Gasteiger partial charge in [-0.05, 0) is 17.5 Å². The highest BCUT2D eigenvalue weighted by molar-refractivity contribution is 6.48. The van der Waals surface area contributed by atoms with Crippen molar-refractivity contribution in [3.8, 4) is 0 Å². The van der Waals surface area contributed by atoms with Gasteiger partial charge in [0.15, 0.2) is 5.69 Å². The van der Waals surface area contributed by atoms with Gasteiger partial charge in [-0.3, -0.25) is 0 Å². The van der Waals surface area contributed by atoms with Crippen LogP contribution < -0.4 is 0 Å². The summed E-state index contributed by atoms with van der Waals surface area (Å²) in [5.74, 6) is 0.154. The highest BCUT2D eigenvalue weighted by Crippen LogP contribution is 2.42. The fourth-order valence-corrected chi connectivity index (χ4v) is 2.06. The minimum Gasteiger partial charge on any atom is -0.238 e. The minimum absolute atomic E-state index is 0.154. The van der Waals surface area contributed by atoms with Crippen LogP contribution >= 0.6 is 34.8 Å². The van der Waals surface area contributed by atoms with E-state index in [1.165, 1.54) is 0 Å². The lowest BCUT2D eigenvalue weighted by Crippen LogP contribution is -1.90. The molecule has 1 aromatic carbocycles. The molecule has 0 aliphatic rings. The molecule has 0 amide bonds. The van der Waals surface area contributed by atoms with Crippen LogP contribution in [-0.4, -0.2) is 0 Å². The topological polar surface area (TPSA) is 4.36 Å². The van der Waals surface area contributed by atoms with Gasteiger partial charge < -0.3 is 0 Å². The van der Waals surface area contributed by atoms with E-state index in [-0.39, 0.29) is 5.92 Å². The molecule has 74 valence electrons. The lowest BCUT2D eigenvalue weighted by Gasteiger charge is -2.12. The summed E-state index contributed by atoms with van der Waals surface area (Å²) in [7, 11) is 0. The lowest BCUT2D eigenvalue weighted by molar-refractivity contribution is 0.871. The average molecular weight is 249 g/mol. The fraction of sp³-hybridized carbons (Fsp3) is 0.300. The van der Waals surface area contributed by atoms with Crippen LogP contribution in [0.5, 0.6) is 0 Å². The van der Waals surface area contributed by atoms with E-state index in [0.29, 0.717) is 20.8 Å².